The van der Waals surface area contributed by atoms with E-state index in [0.29, 0.717) is 11.4 Å². The molecule has 1 N–H and O–H groups in total. The van der Waals surface area contributed by atoms with Crippen molar-refractivity contribution >= 4 is 11.6 Å². The summed E-state index contributed by atoms with van der Waals surface area (Å²) in [6, 6.07) is 17.6. The van der Waals surface area contributed by atoms with E-state index >= 15 is 0 Å². The molecule has 2 heteroatoms. The molecule has 0 saturated heterocycles. The summed E-state index contributed by atoms with van der Waals surface area (Å²) < 4.78 is 0. The Morgan fingerprint density at radius 2 is 1.59 bits per heavy atom. The molecule has 2 aromatic carbocycles. The molecule has 0 aliphatic heterocycles. The lowest BCUT2D eigenvalue weighted by Gasteiger charge is -2.12. The van der Waals surface area contributed by atoms with Gasteiger partial charge in [-0.05, 0) is 30.0 Å². The Morgan fingerprint density at radius 3 is 2.29 bits per heavy atom. The van der Waals surface area contributed by atoms with E-state index in [2.05, 4.69) is 12.1 Å². The van der Waals surface area contributed by atoms with Gasteiger partial charge in [-0.1, -0.05) is 60.1 Å². The molecule has 0 saturated carbocycles. The van der Waals surface area contributed by atoms with Gasteiger partial charge in [0.05, 0.1) is 6.10 Å². The molecule has 17 heavy (non-hydrogen) atoms. The van der Waals surface area contributed by atoms with Crippen LogP contribution in [0.5, 0.6) is 0 Å². The molecule has 0 spiro atoms. The summed E-state index contributed by atoms with van der Waals surface area (Å²) in [7, 11) is 0. The minimum Gasteiger partial charge on any atom is -0.388 e. The predicted octanol–water partition coefficient (Wildman–Crippen LogP) is 4.01. The summed E-state index contributed by atoms with van der Waals surface area (Å²) in [6.07, 6.45) is 1.05. The largest absolute Gasteiger partial charge is 0.388 e. The lowest BCUT2D eigenvalue weighted by Crippen LogP contribution is -2.00. The number of aliphatic hydroxyl groups excluding tert-OH is 1. The van der Waals surface area contributed by atoms with Gasteiger partial charge in [0.2, 0.25) is 0 Å². The lowest BCUT2D eigenvalue weighted by atomic mass is 10.0. The van der Waals surface area contributed by atoms with Crippen LogP contribution in [0.15, 0.2) is 54.6 Å². The molecule has 0 fully saturated rings. The molecule has 0 heterocycles. The molecule has 2 rings (SSSR count). The lowest BCUT2D eigenvalue weighted by molar-refractivity contribution is 0.168. The van der Waals surface area contributed by atoms with E-state index in [9.17, 15) is 5.11 Å². The molecule has 0 amide bonds. The molecule has 88 valence electrons. The fourth-order valence-corrected chi connectivity index (χ4v) is 2.11. The number of halogens is 1. The Bertz CT molecular complexity index is 467. The van der Waals surface area contributed by atoms with E-state index < -0.39 is 6.10 Å². The van der Waals surface area contributed by atoms with E-state index in [-0.39, 0.29) is 0 Å². The number of aryl methyl sites for hydroxylation is 1. The number of benzene rings is 2. The molecular weight excluding hydrogens is 232 g/mol. The second kappa shape index (κ2) is 5.85. The minimum atomic E-state index is -0.496. The summed E-state index contributed by atoms with van der Waals surface area (Å²) in [5.41, 5.74) is 2.05. The zero-order chi connectivity index (χ0) is 12.1. The van der Waals surface area contributed by atoms with Crippen molar-refractivity contribution in [2.24, 2.45) is 0 Å². The highest BCUT2D eigenvalue weighted by atomic mass is 35.5. The third-order valence-corrected chi connectivity index (χ3v) is 3.16. The summed E-state index contributed by atoms with van der Waals surface area (Å²) in [5, 5.41) is 10.7. The molecular formula is C15H15ClO. The first-order valence-electron chi connectivity index (χ1n) is 5.74. The van der Waals surface area contributed by atoms with Crippen LogP contribution in [0.3, 0.4) is 0 Å². The average Bonchev–Trinajstić information content (AvgIpc) is 2.38. The molecule has 1 atom stereocenters. The van der Waals surface area contributed by atoms with Crippen molar-refractivity contribution in [1.82, 2.24) is 0 Å². The zero-order valence-corrected chi connectivity index (χ0v) is 10.3. The second-order valence-corrected chi connectivity index (χ2v) is 4.47. The van der Waals surface area contributed by atoms with Gasteiger partial charge < -0.3 is 5.11 Å². The van der Waals surface area contributed by atoms with E-state index in [1.165, 1.54) is 5.56 Å². The first-order chi connectivity index (χ1) is 8.27. The van der Waals surface area contributed by atoms with Crippen LogP contribution in [0, 0.1) is 0 Å². The fourth-order valence-electron chi connectivity index (χ4n) is 1.85. The smallest absolute Gasteiger partial charge is 0.0807 e. The Kier molecular flexibility index (Phi) is 4.18. The van der Waals surface area contributed by atoms with E-state index in [4.69, 9.17) is 11.6 Å². The molecule has 0 unspecified atom stereocenters. The Hall–Kier alpha value is -1.31. The van der Waals surface area contributed by atoms with Crippen molar-refractivity contribution in [3.63, 3.8) is 0 Å². The summed E-state index contributed by atoms with van der Waals surface area (Å²) >= 11 is 6.04. The summed E-state index contributed by atoms with van der Waals surface area (Å²) in [4.78, 5) is 0. The first-order valence-corrected chi connectivity index (χ1v) is 6.11. The van der Waals surface area contributed by atoms with Crippen molar-refractivity contribution in [2.75, 3.05) is 0 Å². The van der Waals surface area contributed by atoms with Gasteiger partial charge in [-0.25, -0.2) is 0 Å². The van der Waals surface area contributed by atoms with E-state index in [1.54, 1.807) is 0 Å². The Labute approximate surface area is 107 Å². The van der Waals surface area contributed by atoms with Crippen molar-refractivity contribution in [3.8, 4) is 0 Å². The van der Waals surface area contributed by atoms with Crippen LogP contribution >= 0.6 is 11.6 Å². The highest BCUT2D eigenvalue weighted by Gasteiger charge is 2.10. The molecule has 2 aromatic rings. The normalized spacial score (nSPS) is 12.4. The van der Waals surface area contributed by atoms with Crippen LogP contribution in [0.2, 0.25) is 5.02 Å². The Balaban J connectivity index is 1.99. The maximum Gasteiger partial charge on any atom is 0.0807 e. The van der Waals surface area contributed by atoms with Gasteiger partial charge in [-0.3, -0.25) is 0 Å². The van der Waals surface area contributed by atoms with Crippen LogP contribution < -0.4 is 0 Å². The van der Waals surface area contributed by atoms with Crippen molar-refractivity contribution in [2.45, 2.75) is 18.9 Å². The molecule has 0 aliphatic rings. The number of hydrogen-bond acceptors (Lipinski definition) is 1. The quantitative estimate of drug-likeness (QED) is 0.864. The van der Waals surface area contributed by atoms with Gasteiger partial charge in [0.25, 0.3) is 0 Å². The van der Waals surface area contributed by atoms with Crippen molar-refractivity contribution in [1.29, 1.82) is 0 Å². The van der Waals surface area contributed by atoms with Gasteiger partial charge in [0.15, 0.2) is 0 Å². The first kappa shape index (κ1) is 12.2. The maximum atomic E-state index is 10.1. The van der Waals surface area contributed by atoms with Crippen LogP contribution in [-0.4, -0.2) is 5.11 Å². The van der Waals surface area contributed by atoms with Crippen molar-refractivity contribution < 1.29 is 5.11 Å². The molecule has 1 nitrogen and oxygen atoms in total. The van der Waals surface area contributed by atoms with Crippen LogP contribution in [0.25, 0.3) is 0 Å². The SMILES string of the molecule is O[C@@H](CCc1ccccc1)c1ccccc1Cl. The molecule has 0 aromatic heterocycles. The van der Waals surface area contributed by atoms with Gasteiger partial charge in [0, 0.05) is 5.02 Å². The summed E-state index contributed by atoms with van der Waals surface area (Å²) in [6.45, 7) is 0. The number of hydrogen-bond donors (Lipinski definition) is 1. The number of aliphatic hydroxyl groups is 1. The third-order valence-electron chi connectivity index (χ3n) is 2.81. The fraction of sp³-hybridized carbons (Fsp3) is 0.200. The predicted molar refractivity (Wildman–Crippen MR) is 71.2 cm³/mol. The van der Waals surface area contributed by atoms with Gasteiger partial charge in [-0.15, -0.1) is 0 Å². The van der Waals surface area contributed by atoms with E-state index in [1.807, 2.05) is 42.5 Å². The summed E-state index contributed by atoms with van der Waals surface area (Å²) in [5.74, 6) is 0. The van der Waals surface area contributed by atoms with Crippen molar-refractivity contribution in [3.05, 3.63) is 70.7 Å². The van der Waals surface area contributed by atoms with Crippen LogP contribution in [0.4, 0.5) is 0 Å². The molecule has 0 radical (unpaired) electrons. The van der Waals surface area contributed by atoms with Crippen LogP contribution in [0.1, 0.15) is 23.7 Å². The van der Waals surface area contributed by atoms with Gasteiger partial charge in [0.1, 0.15) is 0 Å². The standard InChI is InChI=1S/C15H15ClO/c16-14-9-5-4-8-13(14)15(17)11-10-12-6-2-1-3-7-12/h1-9,15,17H,10-11H2/t15-/m0/s1. The average molecular weight is 247 g/mol. The molecule has 0 aliphatic carbocycles. The monoisotopic (exact) mass is 246 g/mol. The van der Waals surface area contributed by atoms with Crippen LogP contribution in [-0.2, 0) is 6.42 Å². The van der Waals surface area contributed by atoms with Gasteiger partial charge >= 0.3 is 0 Å². The zero-order valence-electron chi connectivity index (χ0n) is 9.51. The highest BCUT2D eigenvalue weighted by molar-refractivity contribution is 6.31. The Morgan fingerprint density at radius 1 is 0.941 bits per heavy atom. The third kappa shape index (κ3) is 3.32. The minimum absolute atomic E-state index is 0.496. The highest BCUT2D eigenvalue weighted by Crippen LogP contribution is 2.25. The maximum absolute atomic E-state index is 10.1. The van der Waals surface area contributed by atoms with E-state index in [0.717, 1.165) is 12.0 Å². The molecule has 0 bridgehead atoms. The number of rotatable bonds is 4. The second-order valence-electron chi connectivity index (χ2n) is 4.06. The van der Waals surface area contributed by atoms with Gasteiger partial charge in [-0.2, -0.15) is 0 Å². The topological polar surface area (TPSA) is 20.2 Å².